The summed E-state index contributed by atoms with van der Waals surface area (Å²) in [4.78, 5) is 1.89. The summed E-state index contributed by atoms with van der Waals surface area (Å²) in [5, 5.41) is 0. The first-order chi connectivity index (χ1) is 6.61. The maximum Gasteiger partial charge on any atom is 0.118 e. The van der Waals surface area contributed by atoms with E-state index >= 15 is 0 Å². The summed E-state index contributed by atoms with van der Waals surface area (Å²) in [5.74, 6) is -0.0589. The summed E-state index contributed by atoms with van der Waals surface area (Å²) in [7, 11) is 1.89. The number of benzene rings is 1. The zero-order chi connectivity index (χ0) is 10.6. The van der Waals surface area contributed by atoms with Crippen molar-refractivity contribution in [3.63, 3.8) is 0 Å². The first-order valence-electron chi connectivity index (χ1n) is 4.69. The van der Waals surface area contributed by atoms with Crippen molar-refractivity contribution >= 4 is 5.69 Å². The number of nitrogens with zero attached hydrogens (tertiary/aromatic N) is 1. The van der Waals surface area contributed by atoms with Gasteiger partial charge in [-0.25, -0.2) is 4.39 Å². The third-order valence-corrected chi connectivity index (χ3v) is 2.12. The minimum Gasteiger partial charge on any atom is -0.368 e. The lowest BCUT2D eigenvalue weighted by atomic mass is 10.2. The average molecular weight is 193 g/mol. The van der Waals surface area contributed by atoms with Crippen LogP contribution in [0.15, 0.2) is 41.7 Å². The Hall–Kier alpha value is -1.31. The lowest BCUT2D eigenvalue weighted by molar-refractivity contribution is 0.598. The maximum atomic E-state index is 13.3. The van der Waals surface area contributed by atoms with Crippen LogP contribution in [-0.2, 0) is 0 Å². The monoisotopic (exact) mass is 193 g/mol. The molecular weight excluding hydrogens is 177 g/mol. The van der Waals surface area contributed by atoms with E-state index in [0.717, 1.165) is 11.3 Å². The van der Waals surface area contributed by atoms with Crippen LogP contribution in [0.5, 0.6) is 0 Å². The molecule has 0 spiro atoms. The molecule has 0 aliphatic rings. The molecule has 0 unspecified atom stereocenters. The Morgan fingerprint density at radius 2 is 1.79 bits per heavy atom. The van der Waals surface area contributed by atoms with Gasteiger partial charge in [0.1, 0.15) is 5.83 Å². The van der Waals surface area contributed by atoms with Gasteiger partial charge in [-0.1, -0.05) is 18.2 Å². The van der Waals surface area contributed by atoms with E-state index in [1.54, 1.807) is 13.8 Å². The quantitative estimate of drug-likeness (QED) is 0.711. The van der Waals surface area contributed by atoms with Crippen LogP contribution in [0.1, 0.15) is 13.8 Å². The van der Waals surface area contributed by atoms with E-state index in [0.29, 0.717) is 6.54 Å². The van der Waals surface area contributed by atoms with E-state index in [4.69, 9.17) is 0 Å². The highest BCUT2D eigenvalue weighted by Gasteiger charge is 2.03. The number of hydrogen-bond donors (Lipinski definition) is 0. The SMILES string of the molecule is CC(C)=C(F)CN(C)c1ccccc1. The van der Waals surface area contributed by atoms with Crippen molar-refractivity contribution in [3.8, 4) is 0 Å². The minimum atomic E-state index is -0.0589. The minimum absolute atomic E-state index is 0.0589. The number of halogens is 1. The normalized spacial score (nSPS) is 9.71. The van der Waals surface area contributed by atoms with Gasteiger partial charge in [-0.2, -0.15) is 0 Å². The van der Waals surface area contributed by atoms with E-state index < -0.39 is 0 Å². The molecule has 0 saturated carbocycles. The van der Waals surface area contributed by atoms with Crippen LogP contribution >= 0.6 is 0 Å². The van der Waals surface area contributed by atoms with Gasteiger partial charge in [0.25, 0.3) is 0 Å². The molecule has 0 fully saturated rings. The molecule has 0 radical (unpaired) electrons. The first-order valence-corrected chi connectivity index (χ1v) is 4.69. The molecule has 76 valence electrons. The van der Waals surface area contributed by atoms with E-state index in [1.807, 2.05) is 42.3 Å². The number of hydrogen-bond acceptors (Lipinski definition) is 1. The molecule has 1 aromatic rings. The van der Waals surface area contributed by atoms with Crippen LogP contribution in [0.3, 0.4) is 0 Å². The van der Waals surface area contributed by atoms with E-state index in [1.165, 1.54) is 0 Å². The fourth-order valence-corrected chi connectivity index (χ4v) is 1.14. The second-order valence-electron chi connectivity index (χ2n) is 3.60. The second kappa shape index (κ2) is 4.80. The molecule has 1 rings (SSSR count). The van der Waals surface area contributed by atoms with Gasteiger partial charge in [0.15, 0.2) is 0 Å². The molecule has 2 heteroatoms. The second-order valence-corrected chi connectivity index (χ2v) is 3.60. The van der Waals surface area contributed by atoms with Crippen LogP contribution in [-0.4, -0.2) is 13.6 Å². The summed E-state index contributed by atoms with van der Waals surface area (Å²) in [6, 6.07) is 9.80. The topological polar surface area (TPSA) is 3.24 Å². The molecule has 0 heterocycles. The highest BCUT2D eigenvalue weighted by molar-refractivity contribution is 5.46. The largest absolute Gasteiger partial charge is 0.368 e. The Labute approximate surface area is 84.9 Å². The standard InChI is InChI=1S/C12H16FN/c1-10(2)12(13)9-14(3)11-7-5-4-6-8-11/h4-8H,9H2,1-3H3. The fraction of sp³-hybridized carbons (Fsp3) is 0.333. The summed E-state index contributed by atoms with van der Waals surface area (Å²) >= 11 is 0. The van der Waals surface area contributed by atoms with Crippen LogP contribution < -0.4 is 4.90 Å². The van der Waals surface area contributed by atoms with Gasteiger partial charge in [0.2, 0.25) is 0 Å². The Kier molecular flexibility index (Phi) is 3.69. The molecule has 14 heavy (non-hydrogen) atoms. The Morgan fingerprint density at radius 1 is 1.21 bits per heavy atom. The van der Waals surface area contributed by atoms with E-state index in [2.05, 4.69) is 0 Å². The molecule has 0 aliphatic heterocycles. The first kappa shape index (κ1) is 10.8. The molecule has 0 amide bonds. The summed E-state index contributed by atoms with van der Waals surface area (Å²) in [6.07, 6.45) is 0. The highest BCUT2D eigenvalue weighted by atomic mass is 19.1. The summed E-state index contributed by atoms with van der Waals surface area (Å²) in [5.41, 5.74) is 1.77. The predicted molar refractivity (Wildman–Crippen MR) is 59.2 cm³/mol. The average Bonchev–Trinajstić information content (AvgIpc) is 2.19. The smallest absolute Gasteiger partial charge is 0.118 e. The molecule has 1 nitrogen and oxygen atoms in total. The maximum absolute atomic E-state index is 13.3. The van der Waals surface area contributed by atoms with Gasteiger partial charge in [-0.3, -0.25) is 0 Å². The van der Waals surface area contributed by atoms with Gasteiger partial charge in [-0.05, 0) is 31.6 Å². The van der Waals surface area contributed by atoms with Crippen molar-refractivity contribution in [2.24, 2.45) is 0 Å². The molecule has 0 aliphatic carbocycles. The summed E-state index contributed by atoms with van der Waals surface area (Å²) in [6.45, 7) is 3.91. The van der Waals surface area contributed by atoms with Crippen LogP contribution in [0.25, 0.3) is 0 Å². The Bertz CT molecular complexity index is 312. The van der Waals surface area contributed by atoms with Gasteiger partial charge in [0, 0.05) is 12.7 Å². The Balaban J connectivity index is 2.69. The number of allylic oxidation sites excluding steroid dienone is 1. The van der Waals surface area contributed by atoms with Crippen molar-refractivity contribution in [2.45, 2.75) is 13.8 Å². The molecular formula is C12H16FN. The lowest BCUT2D eigenvalue weighted by Crippen LogP contribution is -2.19. The van der Waals surface area contributed by atoms with Crippen molar-refractivity contribution in [2.75, 3.05) is 18.5 Å². The van der Waals surface area contributed by atoms with Crippen LogP contribution in [0.4, 0.5) is 10.1 Å². The number of para-hydroxylation sites is 1. The highest BCUT2D eigenvalue weighted by Crippen LogP contribution is 2.14. The predicted octanol–water partition coefficient (Wildman–Crippen LogP) is 3.39. The molecule has 0 N–H and O–H groups in total. The summed E-state index contributed by atoms with van der Waals surface area (Å²) < 4.78 is 13.3. The van der Waals surface area contributed by atoms with Crippen LogP contribution in [0.2, 0.25) is 0 Å². The van der Waals surface area contributed by atoms with Crippen molar-refractivity contribution in [1.82, 2.24) is 0 Å². The molecule has 0 bridgehead atoms. The zero-order valence-corrected chi connectivity index (χ0v) is 8.92. The number of rotatable bonds is 3. The molecule has 0 saturated heterocycles. The van der Waals surface area contributed by atoms with Crippen LogP contribution in [0, 0.1) is 0 Å². The zero-order valence-electron chi connectivity index (χ0n) is 8.92. The molecule has 0 aromatic heterocycles. The Morgan fingerprint density at radius 3 is 2.29 bits per heavy atom. The lowest BCUT2D eigenvalue weighted by Gasteiger charge is -2.18. The van der Waals surface area contributed by atoms with Gasteiger partial charge in [0.05, 0.1) is 6.54 Å². The third kappa shape index (κ3) is 2.87. The van der Waals surface area contributed by atoms with Gasteiger partial charge in [-0.15, -0.1) is 0 Å². The van der Waals surface area contributed by atoms with E-state index in [9.17, 15) is 4.39 Å². The number of likely N-dealkylation sites (N-methyl/N-ethyl adjacent to an activating group) is 1. The fourth-order valence-electron chi connectivity index (χ4n) is 1.14. The third-order valence-electron chi connectivity index (χ3n) is 2.12. The van der Waals surface area contributed by atoms with Crippen molar-refractivity contribution in [1.29, 1.82) is 0 Å². The van der Waals surface area contributed by atoms with Crippen molar-refractivity contribution < 1.29 is 4.39 Å². The van der Waals surface area contributed by atoms with Gasteiger partial charge < -0.3 is 4.90 Å². The van der Waals surface area contributed by atoms with Crippen molar-refractivity contribution in [3.05, 3.63) is 41.7 Å². The van der Waals surface area contributed by atoms with Gasteiger partial charge >= 0.3 is 0 Å². The number of anilines is 1. The van der Waals surface area contributed by atoms with E-state index in [-0.39, 0.29) is 5.83 Å². The molecule has 0 atom stereocenters. The molecule has 1 aromatic carbocycles.